The molecule has 0 radical (unpaired) electrons. The minimum absolute atomic E-state index is 0.147. The average Bonchev–Trinajstić information content (AvgIpc) is 3.23. The van der Waals surface area contributed by atoms with Crippen molar-refractivity contribution in [3.05, 3.63) is 101 Å². The quantitative estimate of drug-likeness (QED) is 0.366. The number of amides is 1. The molecule has 2 heterocycles. The molecule has 0 fully saturated rings. The molecule has 0 aliphatic heterocycles. The lowest BCUT2D eigenvalue weighted by Crippen LogP contribution is -2.35. The molecule has 2 atom stereocenters. The second-order valence-corrected chi connectivity index (χ2v) is 8.51. The molecular formula is C28H27N5O2. The molecule has 0 aliphatic rings. The fourth-order valence-electron chi connectivity index (χ4n) is 4.02. The molecule has 2 aromatic heterocycles. The Labute approximate surface area is 204 Å². The summed E-state index contributed by atoms with van der Waals surface area (Å²) in [4.78, 5) is 17.7. The highest BCUT2D eigenvalue weighted by atomic mass is 16.5. The first-order valence-electron chi connectivity index (χ1n) is 11.4. The van der Waals surface area contributed by atoms with E-state index in [9.17, 15) is 4.79 Å². The van der Waals surface area contributed by atoms with Crippen molar-refractivity contribution in [1.29, 1.82) is 5.26 Å². The van der Waals surface area contributed by atoms with Crippen LogP contribution in [-0.4, -0.2) is 22.6 Å². The predicted octanol–water partition coefficient (Wildman–Crippen LogP) is 5.30. The molecule has 35 heavy (non-hydrogen) atoms. The number of anilines is 1. The van der Waals surface area contributed by atoms with Gasteiger partial charge in [0.15, 0.2) is 0 Å². The number of rotatable bonds is 8. The molecule has 7 heteroatoms. The second-order valence-electron chi connectivity index (χ2n) is 8.51. The van der Waals surface area contributed by atoms with Crippen LogP contribution in [0.5, 0.6) is 0 Å². The van der Waals surface area contributed by atoms with E-state index in [0.717, 1.165) is 33.7 Å². The number of benzene rings is 2. The number of hydrogen-bond acceptors (Lipinski definition) is 6. The summed E-state index contributed by atoms with van der Waals surface area (Å²) >= 11 is 0. The van der Waals surface area contributed by atoms with Gasteiger partial charge in [0.1, 0.15) is 17.6 Å². The number of hydrogen-bond donors (Lipinski definition) is 2. The van der Waals surface area contributed by atoms with E-state index in [1.165, 1.54) is 0 Å². The van der Waals surface area contributed by atoms with E-state index in [4.69, 9.17) is 9.78 Å². The Morgan fingerprint density at radius 3 is 2.37 bits per heavy atom. The zero-order valence-electron chi connectivity index (χ0n) is 19.9. The van der Waals surface area contributed by atoms with Gasteiger partial charge in [0, 0.05) is 23.9 Å². The van der Waals surface area contributed by atoms with E-state index in [2.05, 4.69) is 33.8 Å². The zero-order chi connectivity index (χ0) is 24.8. The first kappa shape index (κ1) is 23.9. The average molecular weight is 466 g/mol. The monoisotopic (exact) mass is 465 g/mol. The van der Waals surface area contributed by atoms with Gasteiger partial charge in [0.25, 0.3) is 0 Å². The summed E-state index contributed by atoms with van der Waals surface area (Å²) in [5.41, 5.74) is 5.18. The normalized spacial score (nSPS) is 12.5. The minimum atomic E-state index is -0.555. The Balaban J connectivity index is 1.47. The molecule has 0 spiro atoms. The predicted molar refractivity (Wildman–Crippen MR) is 135 cm³/mol. The van der Waals surface area contributed by atoms with Crippen LogP contribution >= 0.6 is 0 Å². The maximum Gasteiger partial charge on any atom is 0.247 e. The van der Waals surface area contributed by atoms with E-state index in [0.29, 0.717) is 17.9 Å². The molecule has 7 nitrogen and oxygen atoms in total. The molecule has 0 unspecified atom stereocenters. The Morgan fingerprint density at radius 2 is 1.77 bits per heavy atom. The largest absolute Gasteiger partial charge is 0.361 e. The summed E-state index contributed by atoms with van der Waals surface area (Å²) in [7, 11) is 0. The van der Waals surface area contributed by atoms with Gasteiger partial charge in [-0.1, -0.05) is 54.5 Å². The fourth-order valence-corrected chi connectivity index (χ4v) is 4.02. The summed E-state index contributed by atoms with van der Waals surface area (Å²) in [6.45, 7) is 6.41. The first-order valence-corrected chi connectivity index (χ1v) is 11.4. The van der Waals surface area contributed by atoms with Crippen molar-refractivity contribution in [2.75, 3.05) is 11.9 Å². The highest BCUT2D eigenvalue weighted by Gasteiger charge is 2.22. The molecule has 176 valence electrons. The Hall–Kier alpha value is -4.28. The lowest BCUT2D eigenvalue weighted by molar-refractivity contribution is -0.118. The van der Waals surface area contributed by atoms with E-state index >= 15 is 0 Å². The van der Waals surface area contributed by atoms with Gasteiger partial charge in [-0.15, -0.1) is 0 Å². The Kier molecular flexibility index (Phi) is 7.34. The molecule has 1 amide bonds. The van der Waals surface area contributed by atoms with Crippen LogP contribution < -0.4 is 10.6 Å². The summed E-state index contributed by atoms with van der Waals surface area (Å²) in [5.74, 6) is 1.15. The van der Waals surface area contributed by atoms with Gasteiger partial charge >= 0.3 is 0 Å². The lowest BCUT2D eigenvalue weighted by Gasteiger charge is -2.21. The Bertz CT molecular complexity index is 1300. The summed E-state index contributed by atoms with van der Waals surface area (Å²) in [6.07, 6.45) is 1.71. The molecule has 4 aromatic rings. The van der Waals surface area contributed by atoms with E-state index < -0.39 is 6.04 Å². The van der Waals surface area contributed by atoms with Crippen molar-refractivity contribution >= 4 is 11.7 Å². The van der Waals surface area contributed by atoms with Gasteiger partial charge in [0.2, 0.25) is 5.91 Å². The minimum Gasteiger partial charge on any atom is -0.361 e. The van der Waals surface area contributed by atoms with Crippen LogP contribution in [0.2, 0.25) is 0 Å². The standard InChI is InChI=1S/C28H27N5O2/c1-18(22-11-9-21(15-29)10-12-22)16-31-27(23-7-5-4-6-8-23)28(34)32-25-14-13-24(17-30-25)26-19(2)33-35-20(26)3/h4-14,17-18,27,31H,16H2,1-3H3,(H,30,32,34)/t18-,27+/m1/s1. The summed E-state index contributed by atoms with van der Waals surface area (Å²) in [6, 6.07) is 22.4. The number of carbonyl (C=O) groups excluding carboxylic acids is 1. The molecule has 2 N–H and O–H groups in total. The third-order valence-electron chi connectivity index (χ3n) is 5.97. The van der Waals surface area contributed by atoms with E-state index in [1.807, 2.05) is 74.5 Å². The molecule has 0 saturated carbocycles. The van der Waals surface area contributed by atoms with Gasteiger partial charge in [-0.25, -0.2) is 4.98 Å². The maximum absolute atomic E-state index is 13.3. The number of aromatic nitrogens is 2. The smallest absolute Gasteiger partial charge is 0.247 e. The first-order chi connectivity index (χ1) is 17.0. The van der Waals surface area contributed by atoms with Gasteiger partial charge in [0.05, 0.1) is 17.3 Å². The van der Waals surface area contributed by atoms with Crippen LogP contribution in [0, 0.1) is 25.2 Å². The van der Waals surface area contributed by atoms with Crippen molar-refractivity contribution in [3.63, 3.8) is 0 Å². The van der Waals surface area contributed by atoms with Crippen LogP contribution in [0.15, 0.2) is 77.4 Å². The summed E-state index contributed by atoms with van der Waals surface area (Å²) < 4.78 is 5.24. The zero-order valence-corrected chi connectivity index (χ0v) is 19.9. The van der Waals surface area contributed by atoms with Crippen molar-refractivity contribution < 1.29 is 9.32 Å². The lowest BCUT2D eigenvalue weighted by atomic mass is 9.98. The van der Waals surface area contributed by atoms with Crippen molar-refractivity contribution in [1.82, 2.24) is 15.5 Å². The third-order valence-corrected chi connectivity index (χ3v) is 5.97. The van der Waals surface area contributed by atoms with Crippen molar-refractivity contribution in [2.45, 2.75) is 32.7 Å². The highest BCUT2D eigenvalue weighted by molar-refractivity contribution is 5.95. The van der Waals surface area contributed by atoms with Crippen LogP contribution in [0.4, 0.5) is 5.82 Å². The second kappa shape index (κ2) is 10.8. The highest BCUT2D eigenvalue weighted by Crippen LogP contribution is 2.27. The molecule has 2 aromatic carbocycles. The van der Waals surface area contributed by atoms with Gasteiger partial charge in [-0.2, -0.15) is 5.26 Å². The van der Waals surface area contributed by atoms with Gasteiger partial charge < -0.3 is 15.2 Å². The van der Waals surface area contributed by atoms with E-state index in [1.54, 1.807) is 12.3 Å². The number of nitriles is 1. The number of nitrogens with zero attached hydrogens (tertiary/aromatic N) is 3. The molecule has 0 bridgehead atoms. The van der Waals surface area contributed by atoms with Crippen LogP contribution in [0.3, 0.4) is 0 Å². The fraction of sp³-hybridized carbons (Fsp3) is 0.214. The van der Waals surface area contributed by atoms with Crippen LogP contribution in [-0.2, 0) is 4.79 Å². The number of nitrogens with one attached hydrogen (secondary N) is 2. The van der Waals surface area contributed by atoms with Crippen LogP contribution in [0.1, 0.15) is 47.0 Å². The maximum atomic E-state index is 13.3. The number of carbonyl (C=O) groups is 1. The van der Waals surface area contributed by atoms with Gasteiger partial charge in [-0.3, -0.25) is 4.79 Å². The topological polar surface area (TPSA) is 104 Å². The SMILES string of the molecule is Cc1noc(C)c1-c1ccc(NC(=O)[C@@H](NC[C@@H](C)c2ccc(C#N)cc2)c2ccccc2)nc1. The van der Waals surface area contributed by atoms with Gasteiger partial charge in [-0.05, 0) is 55.2 Å². The molecule has 4 rings (SSSR count). The van der Waals surface area contributed by atoms with Crippen molar-refractivity contribution in [2.24, 2.45) is 0 Å². The molecule has 0 saturated heterocycles. The molecule has 0 aliphatic carbocycles. The van der Waals surface area contributed by atoms with Crippen LogP contribution in [0.25, 0.3) is 11.1 Å². The number of aryl methyl sites for hydroxylation is 2. The molecular weight excluding hydrogens is 438 g/mol. The Morgan fingerprint density at radius 1 is 1.03 bits per heavy atom. The third kappa shape index (κ3) is 5.62. The summed E-state index contributed by atoms with van der Waals surface area (Å²) in [5, 5.41) is 19.3. The van der Waals surface area contributed by atoms with Crippen molar-refractivity contribution in [3.8, 4) is 17.2 Å². The number of pyridine rings is 1. The van der Waals surface area contributed by atoms with E-state index in [-0.39, 0.29) is 11.8 Å².